The Hall–Kier alpha value is -8.32. The fourth-order valence-corrected chi connectivity index (χ4v) is 10.6. The molecule has 13 aromatic carbocycles. The topological polar surface area (TPSA) is 0 Å². The SMILES string of the molecule is c1cc(-c2c3ccccc3c(-c3cccc(-c4cc5ccccc5c5ccccc45)c3)c3cc(-c4ccc5ccccc5c4)ccc23)cc(-c2cc3ccccc3c3ccccc23)c1. The van der Waals surface area contributed by atoms with E-state index < -0.39 is 0 Å². The van der Waals surface area contributed by atoms with E-state index in [9.17, 15) is 0 Å². The van der Waals surface area contributed by atoms with E-state index in [2.05, 4.69) is 243 Å². The molecule has 0 unspecified atom stereocenters. The second-order valence-corrected chi connectivity index (χ2v) is 17.2. The molecule has 0 aliphatic carbocycles. The summed E-state index contributed by atoms with van der Waals surface area (Å²) in [6.07, 6.45) is 0. The van der Waals surface area contributed by atoms with Crippen molar-refractivity contribution >= 4 is 75.4 Å². The van der Waals surface area contributed by atoms with Crippen molar-refractivity contribution in [1.82, 2.24) is 0 Å². The summed E-state index contributed by atoms with van der Waals surface area (Å²) in [5.41, 5.74) is 12.2. The van der Waals surface area contributed by atoms with Gasteiger partial charge in [0.2, 0.25) is 0 Å². The lowest BCUT2D eigenvalue weighted by atomic mass is 9.83. The molecule has 13 aromatic rings. The molecule has 0 bridgehead atoms. The van der Waals surface area contributed by atoms with Crippen molar-refractivity contribution in [2.24, 2.45) is 0 Å². The predicted octanol–water partition coefficient (Wildman–Crippen LogP) is 18.1. The van der Waals surface area contributed by atoms with Gasteiger partial charge in [-0.15, -0.1) is 0 Å². The van der Waals surface area contributed by atoms with Crippen LogP contribution >= 0.6 is 0 Å². The van der Waals surface area contributed by atoms with Gasteiger partial charge in [0.05, 0.1) is 0 Å². The molecule has 0 saturated carbocycles. The normalized spacial score (nSPS) is 11.8. The lowest BCUT2D eigenvalue weighted by molar-refractivity contribution is 1.62. The molecule has 13 rings (SSSR count). The quantitative estimate of drug-likeness (QED) is 0.120. The van der Waals surface area contributed by atoms with Crippen LogP contribution in [0.4, 0.5) is 0 Å². The van der Waals surface area contributed by atoms with E-state index in [0.29, 0.717) is 0 Å². The summed E-state index contributed by atoms with van der Waals surface area (Å²) >= 11 is 0. The van der Waals surface area contributed by atoms with E-state index in [4.69, 9.17) is 0 Å². The van der Waals surface area contributed by atoms with Gasteiger partial charge in [0, 0.05) is 0 Å². The minimum absolute atomic E-state index is 1.20. The van der Waals surface area contributed by atoms with Crippen molar-refractivity contribution < 1.29 is 0 Å². The van der Waals surface area contributed by atoms with Crippen LogP contribution in [0.1, 0.15) is 0 Å². The van der Waals surface area contributed by atoms with Crippen molar-refractivity contribution in [2.75, 3.05) is 0 Å². The Bertz CT molecular complexity index is 4020. The summed E-state index contributed by atoms with van der Waals surface area (Å²) in [7, 11) is 0. The lowest BCUT2D eigenvalue weighted by Gasteiger charge is -2.20. The zero-order valence-electron chi connectivity index (χ0n) is 35.1. The smallest absolute Gasteiger partial charge is 0.00259 e. The maximum absolute atomic E-state index is 2.45. The van der Waals surface area contributed by atoms with E-state index in [1.807, 2.05) is 0 Å². The summed E-state index contributed by atoms with van der Waals surface area (Å²) in [4.78, 5) is 0. The van der Waals surface area contributed by atoms with Gasteiger partial charge in [-0.1, -0.05) is 206 Å². The highest BCUT2D eigenvalue weighted by atomic mass is 14.2. The van der Waals surface area contributed by atoms with Crippen molar-refractivity contribution in [3.05, 3.63) is 243 Å². The number of fused-ring (bicyclic) bond motifs is 9. The average molecular weight is 809 g/mol. The van der Waals surface area contributed by atoms with Gasteiger partial charge in [-0.3, -0.25) is 0 Å². The lowest BCUT2D eigenvalue weighted by Crippen LogP contribution is -1.93. The Morgan fingerprint density at radius 1 is 0.156 bits per heavy atom. The minimum atomic E-state index is 1.20. The van der Waals surface area contributed by atoms with Crippen LogP contribution in [0.25, 0.3) is 131 Å². The summed E-state index contributed by atoms with van der Waals surface area (Å²) in [6.45, 7) is 0. The molecule has 0 saturated heterocycles. The minimum Gasteiger partial charge on any atom is -0.0616 e. The third kappa shape index (κ3) is 5.84. The van der Waals surface area contributed by atoms with Crippen LogP contribution in [0.5, 0.6) is 0 Å². The first-order chi connectivity index (χ1) is 31.7. The molecule has 0 nitrogen and oxygen atoms in total. The number of rotatable bonds is 5. The third-order valence-electron chi connectivity index (χ3n) is 13.6. The first kappa shape index (κ1) is 36.3. The molecule has 0 spiro atoms. The Balaban J connectivity index is 1.08. The molecule has 0 N–H and O–H groups in total. The Kier molecular flexibility index (Phi) is 8.32. The molecule has 0 aliphatic rings. The summed E-state index contributed by atoms with van der Waals surface area (Å²) in [6, 6.07) is 90.2. The third-order valence-corrected chi connectivity index (χ3v) is 13.6. The highest BCUT2D eigenvalue weighted by Crippen LogP contribution is 2.47. The fourth-order valence-electron chi connectivity index (χ4n) is 10.6. The summed E-state index contributed by atoms with van der Waals surface area (Å²) in [5, 5.41) is 17.6. The Morgan fingerprint density at radius 3 is 1.11 bits per heavy atom. The van der Waals surface area contributed by atoms with Gasteiger partial charge < -0.3 is 0 Å². The van der Waals surface area contributed by atoms with Crippen molar-refractivity contribution in [2.45, 2.75) is 0 Å². The van der Waals surface area contributed by atoms with Crippen molar-refractivity contribution in [3.8, 4) is 55.6 Å². The predicted molar refractivity (Wildman–Crippen MR) is 276 cm³/mol. The van der Waals surface area contributed by atoms with E-state index >= 15 is 0 Å². The molecular formula is C64H40. The number of hydrogen-bond donors (Lipinski definition) is 0. The van der Waals surface area contributed by atoms with Crippen LogP contribution in [0.2, 0.25) is 0 Å². The first-order valence-corrected chi connectivity index (χ1v) is 22.2. The van der Waals surface area contributed by atoms with E-state index in [-0.39, 0.29) is 0 Å². The van der Waals surface area contributed by atoms with E-state index in [1.54, 1.807) is 0 Å². The zero-order chi connectivity index (χ0) is 42.1. The second kappa shape index (κ2) is 14.7. The van der Waals surface area contributed by atoms with Gasteiger partial charge in [0.1, 0.15) is 0 Å². The van der Waals surface area contributed by atoms with Gasteiger partial charge in [-0.05, 0) is 167 Å². The van der Waals surface area contributed by atoms with Crippen LogP contribution in [0.15, 0.2) is 243 Å². The summed E-state index contributed by atoms with van der Waals surface area (Å²) in [5.74, 6) is 0. The largest absolute Gasteiger partial charge is 0.0616 e. The van der Waals surface area contributed by atoms with Crippen molar-refractivity contribution in [3.63, 3.8) is 0 Å². The van der Waals surface area contributed by atoms with E-state index in [1.165, 1.54) is 131 Å². The Morgan fingerprint density at radius 2 is 0.547 bits per heavy atom. The number of hydrogen-bond acceptors (Lipinski definition) is 0. The highest BCUT2D eigenvalue weighted by molar-refractivity contribution is 6.23. The first-order valence-electron chi connectivity index (χ1n) is 22.2. The molecular weight excluding hydrogens is 769 g/mol. The van der Waals surface area contributed by atoms with E-state index in [0.717, 1.165) is 0 Å². The number of benzene rings is 13. The highest BCUT2D eigenvalue weighted by Gasteiger charge is 2.20. The maximum atomic E-state index is 2.45. The van der Waals surface area contributed by atoms with Crippen LogP contribution in [0.3, 0.4) is 0 Å². The zero-order valence-corrected chi connectivity index (χ0v) is 35.1. The molecule has 0 heteroatoms. The molecule has 0 heterocycles. The van der Waals surface area contributed by atoms with Gasteiger partial charge in [-0.25, -0.2) is 0 Å². The van der Waals surface area contributed by atoms with Gasteiger partial charge in [-0.2, -0.15) is 0 Å². The molecule has 0 aromatic heterocycles. The molecule has 0 radical (unpaired) electrons. The standard InChI is InChI=1S/C64H40/c1-2-16-42-35-43(32-31-41(42)15-1)44-33-34-59-62(38-44)64(50-22-14-20-46(37-50)61-40-48-18-4-6-24-52(48)54-26-8-10-28-56(54)61)58-30-12-11-29-57(58)63(59)49-21-13-19-45(36-49)60-39-47-17-3-5-23-51(47)53-25-7-9-27-55(53)60/h1-40H. The van der Waals surface area contributed by atoms with Gasteiger partial charge in [0.25, 0.3) is 0 Å². The molecule has 296 valence electrons. The molecule has 0 atom stereocenters. The van der Waals surface area contributed by atoms with Gasteiger partial charge >= 0.3 is 0 Å². The van der Waals surface area contributed by atoms with Gasteiger partial charge in [0.15, 0.2) is 0 Å². The Labute approximate surface area is 371 Å². The molecule has 0 aliphatic heterocycles. The monoisotopic (exact) mass is 808 g/mol. The molecule has 0 amide bonds. The summed E-state index contributed by atoms with van der Waals surface area (Å²) < 4.78 is 0. The van der Waals surface area contributed by atoms with Crippen LogP contribution in [-0.4, -0.2) is 0 Å². The average Bonchev–Trinajstić information content (AvgIpc) is 3.37. The molecule has 0 fully saturated rings. The van der Waals surface area contributed by atoms with Crippen LogP contribution < -0.4 is 0 Å². The van der Waals surface area contributed by atoms with Crippen LogP contribution in [0, 0.1) is 0 Å². The van der Waals surface area contributed by atoms with Crippen molar-refractivity contribution in [1.29, 1.82) is 0 Å². The molecule has 64 heavy (non-hydrogen) atoms. The maximum Gasteiger partial charge on any atom is -0.00259 e. The second-order valence-electron chi connectivity index (χ2n) is 17.2. The van der Waals surface area contributed by atoms with Crippen LogP contribution in [-0.2, 0) is 0 Å². The fraction of sp³-hybridized carbons (Fsp3) is 0.